The maximum absolute atomic E-state index is 12.7. The number of hydrogen-bond donors (Lipinski definition) is 0. The molecule has 1 fully saturated rings. The number of amides is 1. The average molecular weight is 379 g/mol. The Morgan fingerprint density at radius 2 is 1.92 bits per heavy atom. The topological polar surface area (TPSA) is 49.3 Å². The minimum atomic E-state index is 0.0241. The fourth-order valence-corrected chi connectivity index (χ4v) is 3.54. The molecule has 1 saturated heterocycles. The van der Waals surface area contributed by atoms with Gasteiger partial charge in [0, 0.05) is 55.0 Å². The van der Waals surface area contributed by atoms with Crippen molar-refractivity contribution in [3.63, 3.8) is 0 Å². The number of carbonyl (C=O) groups is 1. The summed E-state index contributed by atoms with van der Waals surface area (Å²) < 4.78 is 0. The maximum Gasteiger partial charge on any atom is 0.225 e. The van der Waals surface area contributed by atoms with Crippen LogP contribution in [-0.2, 0) is 11.3 Å². The number of carbonyl (C=O) groups excluding carboxylic acids is 1. The van der Waals surface area contributed by atoms with Gasteiger partial charge in [0.05, 0.1) is 0 Å². The molecule has 132 valence electrons. The van der Waals surface area contributed by atoms with Gasteiger partial charge in [-0.1, -0.05) is 29.3 Å². The summed E-state index contributed by atoms with van der Waals surface area (Å²) in [7, 11) is 1.82. The van der Waals surface area contributed by atoms with Gasteiger partial charge < -0.3 is 9.80 Å². The molecule has 7 heteroatoms. The lowest BCUT2D eigenvalue weighted by molar-refractivity contribution is -0.135. The standard InChI is InChI=1S/C18H20Cl2N4O/c1-23(12-14-3-4-15(19)11-16(14)20)17(25)13-5-9-24(10-6-13)18-21-7-2-8-22-18/h2-4,7-8,11,13H,5-6,9-10,12H2,1H3. The number of aromatic nitrogens is 2. The van der Waals surface area contributed by atoms with E-state index < -0.39 is 0 Å². The van der Waals surface area contributed by atoms with Crippen molar-refractivity contribution in [2.24, 2.45) is 5.92 Å². The second kappa shape index (κ2) is 8.02. The van der Waals surface area contributed by atoms with Crippen LogP contribution >= 0.6 is 23.2 Å². The number of nitrogens with zero attached hydrogens (tertiary/aromatic N) is 4. The molecule has 0 saturated carbocycles. The zero-order valence-corrected chi connectivity index (χ0v) is 15.5. The van der Waals surface area contributed by atoms with E-state index in [0.29, 0.717) is 16.6 Å². The third-order valence-electron chi connectivity index (χ3n) is 4.48. The van der Waals surface area contributed by atoms with Crippen LogP contribution in [0.3, 0.4) is 0 Å². The molecule has 0 aliphatic carbocycles. The van der Waals surface area contributed by atoms with Crippen molar-refractivity contribution in [3.05, 3.63) is 52.3 Å². The summed E-state index contributed by atoms with van der Waals surface area (Å²) in [5.74, 6) is 0.908. The molecule has 1 aromatic carbocycles. The minimum Gasteiger partial charge on any atom is -0.341 e. The Hall–Kier alpha value is -1.85. The Kier molecular flexibility index (Phi) is 5.76. The van der Waals surface area contributed by atoms with Gasteiger partial charge in [0.1, 0.15) is 0 Å². The van der Waals surface area contributed by atoms with Crippen LogP contribution in [0.5, 0.6) is 0 Å². The summed E-state index contributed by atoms with van der Waals surface area (Å²) in [5, 5.41) is 1.18. The number of anilines is 1. The molecule has 0 radical (unpaired) electrons. The largest absolute Gasteiger partial charge is 0.341 e. The summed E-state index contributed by atoms with van der Waals surface area (Å²) in [4.78, 5) is 25.1. The summed E-state index contributed by atoms with van der Waals surface area (Å²) >= 11 is 12.1. The lowest BCUT2D eigenvalue weighted by Crippen LogP contribution is -2.41. The molecule has 25 heavy (non-hydrogen) atoms. The molecular formula is C18H20Cl2N4O. The molecule has 0 N–H and O–H groups in total. The van der Waals surface area contributed by atoms with E-state index in [1.165, 1.54) is 0 Å². The fourth-order valence-electron chi connectivity index (χ4n) is 3.08. The third-order valence-corrected chi connectivity index (χ3v) is 5.06. The highest BCUT2D eigenvalue weighted by atomic mass is 35.5. The zero-order valence-electron chi connectivity index (χ0n) is 14.0. The van der Waals surface area contributed by atoms with E-state index >= 15 is 0 Å². The summed E-state index contributed by atoms with van der Waals surface area (Å²) in [6, 6.07) is 7.16. The van der Waals surface area contributed by atoms with E-state index in [9.17, 15) is 4.79 Å². The number of rotatable bonds is 4. The van der Waals surface area contributed by atoms with Crippen LogP contribution in [0.2, 0.25) is 10.0 Å². The Labute approximate surface area is 157 Å². The van der Waals surface area contributed by atoms with Crippen LogP contribution in [0.15, 0.2) is 36.7 Å². The molecule has 3 rings (SSSR count). The summed E-state index contributed by atoms with van der Waals surface area (Å²) in [5.41, 5.74) is 0.900. The molecule has 0 spiro atoms. The van der Waals surface area contributed by atoms with Crippen LogP contribution in [0.1, 0.15) is 18.4 Å². The van der Waals surface area contributed by atoms with Crippen molar-refractivity contribution in [2.75, 3.05) is 25.0 Å². The predicted molar refractivity (Wildman–Crippen MR) is 99.9 cm³/mol. The Morgan fingerprint density at radius 3 is 2.56 bits per heavy atom. The summed E-state index contributed by atoms with van der Waals surface area (Å²) in [6.45, 7) is 2.06. The van der Waals surface area contributed by atoms with E-state index in [1.807, 2.05) is 13.1 Å². The van der Waals surface area contributed by atoms with Crippen LogP contribution in [0.25, 0.3) is 0 Å². The first-order chi connectivity index (χ1) is 12.0. The zero-order chi connectivity index (χ0) is 17.8. The predicted octanol–water partition coefficient (Wildman–Crippen LogP) is 3.66. The second-order valence-corrected chi connectivity index (χ2v) is 7.08. The number of hydrogen-bond acceptors (Lipinski definition) is 4. The quantitative estimate of drug-likeness (QED) is 0.814. The second-order valence-electron chi connectivity index (χ2n) is 6.24. The van der Waals surface area contributed by atoms with Gasteiger partial charge in [-0.3, -0.25) is 4.79 Å². The molecule has 1 amide bonds. The SMILES string of the molecule is CN(Cc1ccc(Cl)cc1Cl)C(=O)C1CCN(c2ncccn2)CC1. The normalized spacial score (nSPS) is 15.2. The van der Waals surface area contributed by atoms with E-state index in [-0.39, 0.29) is 11.8 Å². The smallest absolute Gasteiger partial charge is 0.225 e. The van der Waals surface area contributed by atoms with E-state index in [4.69, 9.17) is 23.2 Å². The highest BCUT2D eigenvalue weighted by Gasteiger charge is 2.28. The monoisotopic (exact) mass is 378 g/mol. The van der Waals surface area contributed by atoms with Crippen LogP contribution in [0, 0.1) is 5.92 Å². The molecule has 0 atom stereocenters. The highest BCUT2D eigenvalue weighted by Crippen LogP contribution is 2.25. The summed E-state index contributed by atoms with van der Waals surface area (Å²) in [6.07, 6.45) is 5.08. The van der Waals surface area contributed by atoms with Crippen LogP contribution in [-0.4, -0.2) is 40.9 Å². The van der Waals surface area contributed by atoms with Crippen molar-refractivity contribution < 1.29 is 4.79 Å². The van der Waals surface area contributed by atoms with Gasteiger partial charge >= 0.3 is 0 Å². The van der Waals surface area contributed by atoms with Gasteiger partial charge in [0.2, 0.25) is 11.9 Å². The lowest BCUT2D eigenvalue weighted by atomic mass is 9.95. The first-order valence-corrected chi connectivity index (χ1v) is 9.01. The molecule has 0 unspecified atom stereocenters. The molecule has 1 aliphatic rings. The van der Waals surface area contributed by atoms with Gasteiger partial charge in [0.25, 0.3) is 0 Å². The lowest BCUT2D eigenvalue weighted by Gasteiger charge is -2.33. The van der Waals surface area contributed by atoms with Crippen molar-refractivity contribution in [3.8, 4) is 0 Å². The van der Waals surface area contributed by atoms with Crippen LogP contribution in [0.4, 0.5) is 5.95 Å². The van der Waals surface area contributed by atoms with Crippen molar-refractivity contribution >= 4 is 35.1 Å². The molecule has 0 bridgehead atoms. The van der Waals surface area contributed by atoms with Gasteiger partial charge in [-0.15, -0.1) is 0 Å². The first kappa shape index (κ1) is 18.0. The van der Waals surface area contributed by atoms with Gasteiger partial charge in [-0.05, 0) is 36.6 Å². The van der Waals surface area contributed by atoms with Gasteiger partial charge in [-0.2, -0.15) is 0 Å². The van der Waals surface area contributed by atoms with Crippen molar-refractivity contribution in [1.82, 2.24) is 14.9 Å². The van der Waals surface area contributed by atoms with Gasteiger partial charge in [-0.25, -0.2) is 9.97 Å². The number of benzene rings is 1. The highest BCUT2D eigenvalue weighted by molar-refractivity contribution is 6.35. The van der Waals surface area contributed by atoms with E-state index in [1.54, 1.807) is 35.5 Å². The third kappa shape index (κ3) is 4.41. The molecule has 1 aliphatic heterocycles. The van der Waals surface area contributed by atoms with Crippen LogP contribution < -0.4 is 4.90 Å². The molecular weight excluding hydrogens is 359 g/mol. The van der Waals surface area contributed by atoms with Crippen molar-refractivity contribution in [1.29, 1.82) is 0 Å². The van der Waals surface area contributed by atoms with E-state index in [0.717, 1.165) is 37.4 Å². The fraction of sp³-hybridized carbons (Fsp3) is 0.389. The average Bonchev–Trinajstić information content (AvgIpc) is 2.64. The Bertz CT molecular complexity index is 733. The maximum atomic E-state index is 12.7. The van der Waals surface area contributed by atoms with Gasteiger partial charge in [0.15, 0.2) is 0 Å². The Morgan fingerprint density at radius 1 is 1.24 bits per heavy atom. The molecule has 2 heterocycles. The molecule has 2 aromatic rings. The first-order valence-electron chi connectivity index (χ1n) is 8.25. The number of halogens is 2. The minimum absolute atomic E-state index is 0.0241. The number of piperidine rings is 1. The Balaban J connectivity index is 1.56. The van der Waals surface area contributed by atoms with E-state index in [2.05, 4.69) is 14.9 Å². The molecule has 5 nitrogen and oxygen atoms in total. The van der Waals surface area contributed by atoms with Crippen molar-refractivity contribution in [2.45, 2.75) is 19.4 Å². The molecule has 1 aromatic heterocycles.